The number of benzene rings is 1. The minimum atomic E-state index is -0.353. The predicted molar refractivity (Wildman–Crippen MR) is 90.6 cm³/mol. The molecule has 1 aliphatic carbocycles. The van der Waals surface area contributed by atoms with Crippen molar-refractivity contribution in [2.75, 3.05) is 12.4 Å². The second-order valence-electron chi connectivity index (χ2n) is 5.65. The third-order valence-corrected chi connectivity index (χ3v) is 4.54. The highest BCUT2D eigenvalue weighted by molar-refractivity contribution is 9.10. The molecule has 1 aromatic carbocycles. The van der Waals surface area contributed by atoms with E-state index in [1.54, 1.807) is 7.05 Å². The van der Waals surface area contributed by atoms with Crippen LogP contribution in [0.3, 0.4) is 0 Å². The summed E-state index contributed by atoms with van der Waals surface area (Å²) in [6, 6.07) is 7.18. The maximum absolute atomic E-state index is 12.3. The Balaban J connectivity index is 1.92. The fourth-order valence-electron chi connectivity index (χ4n) is 2.87. The summed E-state index contributed by atoms with van der Waals surface area (Å²) in [4.78, 5) is 24.1. The van der Waals surface area contributed by atoms with Crippen molar-refractivity contribution in [3.05, 3.63) is 28.7 Å². The van der Waals surface area contributed by atoms with Gasteiger partial charge in [0.15, 0.2) is 0 Å². The van der Waals surface area contributed by atoms with Gasteiger partial charge in [0.25, 0.3) is 0 Å². The summed E-state index contributed by atoms with van der Waals surface area (Å²) < 4.78 is 0.918. The zero-order valence-electron chi connectivity index (χ0n) is 12.9. The van der Waals surface area contributed by atoms with Gasteiger partial charge in [-0.15, -0.1) is 0 Å². The van der Waals surface area contributed by atoms with Crippen LogP contribution in [0.25, 0.3) is 0 Å². The molecule has 0 unspecified atom stereocenters. The fraction of sp³-hybridized carbons (Fsp3) is 0.500. The molecule has 1 aliphatic rings. The molecular formula is C16H22BrN3O2. The average Bonchev–Trinajstić information content (AvgIpc) is 2.94. The van der Waals surface area contributed by atoms with Gasteiger partial charge in [0.05, 0.1) is 12.0 Å². The Labute approximate surface area is 139 Å². The van der Waals surface area contributed by atoms with E-state index in [-0.39, 0.29) is 29.8 Å². The summed E-state index contributed by atoms with van der Waals surface area (Å²) in [5.74, 6) is -0.0959. The monoisotopic (exact) mass is 367 g/mol. The van der Waals surface area contributed by atoms with Crippen LogP contribution in [0.5, 0.6) is 0 Å². The van der Waals surface area contributed by atoms with Crippen molar-refractivity contribution >= 4 is 33.4 Å². The van der Waals surface area contributed by atoms with Gasteiger partial charge in [-0.3, -0.25) is 9.59 Å². The van der Waals surface area contributed by atoms with E-state index in [1.165, 1.54) is 0 Å². The number of hydrogen-bond acceptors (Lipinski definition) is 3. The normalized spacial score (nSPS) is 22.1. The van der Waals surface area contributed by atoms with Crippen LogP contribution in [-0.2, 0) is 9.59 Å². The number of nitrogens with one attached hydrogen (secondary N) is 3. The summed E-state index contributed by atoms with van der Waals surface area (Å²) in [7, 11) is 1.65. The third-order valence-electron chi connectivity index (χ3n) is 4.05. The van der Waals surface area contributed by atoms with Crippen molar-refractivity contribution in [3.8, 4) is 0 Å². The van der Waals surface area contributed by atoms with E-state index in [1.807, 2.05) is 31.2 Å². The molecule has 0 spiro atoms. The lowest BCUT2D eigenvalue weighted by molar-refractivity contribution is -0.125. The van der Waals surface area contributed by atoms with E-state index in [9.17, 15) is 9.59 Å². The lowest BCUT2D eigenvalue weighted by atomic mass is 10.0. The van der Waals surface area contributed by atoms with Crippen LogP contribution in [0.1, 0.15) is 26.2 Å². The van der Waals surface area contributed by atoms with Gasteiger partial charge in [-0.25, -0.2) is 0 Å². The molecule has 0 radical (unpaired) electrons. The number of amides is 2. The van der Waals surface area contributed by atoms with Crippen LogP contribution in [0, 0.1) is 5.92 Å². The number of rotatable bonds is 5. The number of hydrogen-bond donors (Lipinski definition) is 3. The molecule has 0 aromatic heterocycles. The van der Waals surface area contributed by atoms with Gasteiger partial charge in [0, 0.05) is 23.2 Å². The predicted octanol–water partition coefficient (Wildman–Crippen LogP) is 2.28. The molecule has 2 amide bonds. The molecule has 0 heterocycles. The SMILES string of the molecule is CNC(=O)[C@@H]1CCC[C@H]1N[C@H](C)C(=O)Nc1cccc(Br)c1. The largest absolute Gasteiger partial charge is 0.359 e. The fourth-order valence-corrected chi connectivity index (χ4v) is 3.27. The van der Waals surface area contributed by atoms with Gasteiger partial charge in [0.1, 0.15) is 0 Å². The molecule has 120 valence electrons. The topological polar surface area (TPSA) is 70.2 Å². The van der Waals surface area contributed by atoms with Crippen LogP contribution in [-0.4, -0.2) is 30.9 Å². The van der Waals surface area contributed by atoms with Crippen molar-refractivity contribution in [2.45, 2.75) is 38.3 Å². The zero-order valence-corrected chi connectivity index (χ0v) is 14.4. The summed E-state index contributed by atoms with van der Waals surface area (Å²) in [5.41, 5.74) is 0.752. The summed E-state index contributed by atoms with van der Waals surface area (Å²) in [5, 5.41) is 8.88. The van der Waals surface area contributed by atoms with Crippen LogP contribution in [0.4, 0.5) is 5.69 Å². The maximum Gasteiger partial charge on any atom is 0.241 e. The molecule has 1 aromatic rings. The zero-order chi connectivity index (χ0) is 16.1. The van der Waals surface area contributed by atoms with Gasteiger partial charge in [0.2, 0.25) is 11.8 Å². The molecule has 2 rings (SSSR count). The molecule has 3 atom stereocenters. The van der Waals surface area contributed by atoms with E-state index < -0.39 is 0 Å². The van der Waals surface area contributed by atoms with Crippen molar-refractivity contribution in [1.29, 1.82) is 0 Å². The highest BCUT2D eigenvalue weighted by Crippen LogP contribution is 2.26. The molecule has 5 nitrogen and oxygen atoms in total. The number of carbonyl (C=O) groups is 2. The second kappa shape index (κ2) is 7.74. The van der Waals surface area contributed by atoms with Crippen molar-refractivity contribution in [2.24, 2.45) is 5.92 Å². The smallest absolute Gasteiger partial charge is 0.241 e. The van der Waals surface area contributed by atoms with Crippen molar-refractivity contribution in [3.63, 3.8) is 0 Å². The molecule has 6 heteroatoms. The average molecular weight is 368 g/mol. The number of halogens is 1. The third kappa shape index (κ3) is 4.30. The molecule has 22 heavy (non-hydrogen) atoms. The quantitative estimate of drug-likeness (QED) is 0.747. The Morgan fingerprint density at radius 3 is 2.77 bits per heavy atom. The Bertz CT molecular complexity index is 550. The lowest BCUT2D eigenvalue weighted by Gasteiger charge is -2.23. The van der Waals surface area contributed by atoms with Crippen LogP contribution in [0.15, 0.2) is 28.7 Å². The Morgan fingerprint density at radius 2 is 2.09 bits per heavy atom. The van der Waals surface area contributed by atoms with Gasteiger partial charge in [-0.05, 0) is 38.0 Å². The summed E-state index contributed by atoms with van der Waals surface area (Å²) in [6.45, 7) is 1.83. The van der Waals surface area contributed by atoms with E-state index in [0.29, 0.717) is 0 Å². The van der Waals surface area contributed by atoms with Crippen LogP contribution in [0.2, 0.25) is 0 Å². The standard InChI is InChI=1S/C16H22BrN3O2/c1-10(15(21)20-12-6-3-5-11(17)9-12)19-14-8-4-7-13(14)16(22)18-2/h3,5-6,9-10,13-14,19H,4,7-8H2,1-2H3,(H,18,22)(H,20,21)/t10-,13-,14-/m1/s1. The highest BCUT2D eigenvalue weighted by atomic mass is 79.9. The highest BCUT2D eigenvalue weighted by Gasteiger charge is 2.33. The first-order valence-electron chi connectivity index (χ1n) is 7.55. The van der Waals surface area contributed by atoms with Crippen LogP contribution >= 0.6 is 15.9 Å². The molecule has 1 saturated carbocycles. The minimum absolute atomic E-state index is 0.0499. The van der Waals surface area contributed by atoms with Crippen molar-refractivity contribution in [1.82, 2.24) is 10.6 Å². The second-order valence-corrected chi connectivity index (χ2v) is 6.56. The molecule has 0 bridgehead atoms. The molecule has 1 fully saturated rings. The van der Waals surface area contributed by atoms with Crippen molar-refractivity contribution < 1.29 is 9.59 Å². The van der Waals surface area contributed by atoms with E-state index in [4.69, 9.17) is 0 Å². The Hall–Kier alpha value is -1.40. The minimum Gasteiger partial charge on any atom is -0.359 e. The molecule has 0 aliphatic heterocycles. The van der Waals surface area contributed by atoms with Gasteiger partial charge >= 0.3 is 0 Å². The molecule has 3 N–H and O–H groups in total. The van der Waals surface area contributed by atoms with Gasteiger partial charge in [-0.1, -0.05) is 28.4 Å². The molecule has 0 saturated heterocycles. The van der Waals surface area contributed by atoms with Gasteiger partial charge < -0.3 is 16.0 Å². The van der Waals surface area contributed by atoms with Crippen LogP contribution < -0.4 is 16.0 Å². The Morgan fingerprint density at radius 1 is 1.32 bits per heavy atom. The van der Waals surface area contributed by atoms with E-state index in [2.05, 4.69) is 31.9 Å². The summed E-state index contributed by atoms with van der Waals surface area (Å²) >= 11 is 3.38. The van der Waals surface area contributed by atoms with E-state index >= 15 is 0 Å². The molecular weight excluding hydrogens is 346 g/mol. The number of carbonyl (C=O) groups excluding carboxylic acids is 2. The first-order chi connectivity index (χ1) is 10.5. The van der Waals surface area contributed by atoms with E-state index in [0.717, 1.165) is 29.4 Å². The summed E-state index contributed by atoms with van der Waals surface area (Å²) in [6.07, 6.45) is 2.81. The first-order valence-corrected chi connectivity index (χ1v) is 8.34. The Kier molecular flexibility index (Phi) is 5.97. The van der Waals surface area contributed by atoms with Gasteiger partial charge in [-0.2, -0.15) is 0 Å². The number of anilines is 1. The lowest BCUT2D eigenvalue weighted by Crippen LogP contribution is -2.48. The maximum atomic E-state index is 12.3. The first kappa shape index (κ1) is 17.0.